The first kappa shape index (κ1) is 15.6. The monoisotopic (exact) mass is 282 g/mol. The van der Waals surface area contributed by atoms with E-state index < -0.39 is 9.58 Å². The lowest BCUT2D eigenvalue weighted by Crippen LogP contribution is -2.16. The van der Waals surface area contributed by atoms with Gasteiger partial charge in [0.2, 0.25) is 5.78 Å². The van der Waals surface area contributed by atoms with Gasteiger partial charge in [-0.1, -0.05) is 66.4 Å². The highest BCUT2D eigenvalue weighted by Crippen LogP contribution is 2.27. The van der Waals surface area contributed by atoms with Crippen molar-refractivity contribution in [3.05, 3.63) is 36.1 Å². The number of unbranched alkanes of at least 4 members (excludes halogenated alkanes) is 1. The summed E-state index contributed by atoms with van der Waals surface area (Å²) in [5, 5.41) is 9.28. The summed E-state index contributed by atoms with van der Waals surface area (Å²) >= 11 is 16.0. The predicted molar refractivity (Wildman–Crippen MR) is 69.2 cm³/mol. The van der Waals surface area contributed by atoms with Gasteiger partial charge in [-0.2, -0.15) is 0 Å². The molecule has 2 nitrogen and oxygen atoms in total. The molecule has 0 aliphatic heterocycles. The quantitative estimate of drug-likeness (QED) is 0.354. The van der Waals surface area contributed by atoms with Crippen molar-refractivity contribution in [1.29, 1.82) is 0 Å². The van der Waals surface area contributed by atoms with Crippen molar-refractivity contribution in [2.45, 2.75) is 23.6 Å². The maximum atomic E-state index is 11.1. The average Bonchev–Trinajstić information content (AvgIpc) is 2.16. The van der Waals surface area contributed by atoms with E-state index in [1.807, 2.05) is 6.08 Å². The van der Waals surface area contributed by atoms with E-state index in [1.54, 1.807) is 12.2 Å². The van der Waals surface area contributed by atoms with E-state index >= 15 is 0 Å². The van der Waals surface area contributed by atoms with Crippen LogP contribution in [-0.4, -0.2) is 14.7 Å². The van der Waals surface area contributed by atoms with Crippen molar-refractivity contribution in [3.63, 3.8) is 0 Å². The van der Waals surface area contributed by atoms with Crippen LogP contribution in [0.4, 0.5) is 0 Å². The van der Waals surface area contributed by atoms with Crippen molar-refractivity contribution in [3.8, 4) is 0 Å². The van der Waals surface area contributed by atoms with Crippen molar-refractivity contribution in [2.24, 2.45) is 0 Å². The van der Waals surface area contributed by atoms with Crippen molar-refractivity contribution in [2.75, 3.05) is 0 Å². The Kier molecular flexibility index (Phi) is 7.56. The van der Waals surface area contributed by atoms with Gasteiger partial charge in [0.1, 0.15) is 5.76 Å². The van der Waals surface area contributed by atoms with Crippen LogP contribution in [0.3, 0.4) is 0 Å². The summed E-state index contributed by atoms with van der Waals surface area (Å²) in [4.78, 5) is 11.1. The highest BCUT2D eigenvalue weighted by atomic mass is 35.6. The van der Waals surface area contributed by atoms with Crippen molar-refractivity contribution in [1.82, 2.24) is 0 Å². The molecule has 1 N–H and O–H groups in total. The number of hydrogen-bond donors (Lipinski definition) is 1. The van der Waals surface area contributed by atoms with Gasteiger partial charge < -0.3 is 5.11 Å². The molecule has 0 saturated carbocycles. The molecule has 0 heterocycles. The van der Waals surface area contributed by atoms with Gasteiger partial charge in [0.25, 0.3) is 3.79 Å². The van der Waals surface area contributed by atoms with Gasteiger partial charge in [0.15, 0.2) is 0 Å². The second-order valence-corrected chi connectivity index (χ2v) is 5.29. The number of aliphatic hydroxyl groups excluding tert-OH is 1. The van der Waals surface area contributed by atoms with Crippen LogP contribution in [0.2, 0.25) is 0 Å². The van der Waals surface area contributed by atoms with E-state index in [1.165, 1.54) is 6.08 Å². The summed E-state index contributed by atoms with van der Waals surface area (Å²) in [5.41, 5.74) is 0. The van der Waals surface area contributed by atoms with Gasteiger partial charge in [-0.05, 0) is 12.5 Å². The third kappa shape index (κ3) is 7.80. The van der Waals surface area contributed by atoms with Gasteiger partial charge >= 0.3 is 0 Å². The van der Waals surface area contributed by atoms with Crippen LogP contribution < -0.4 is 0 Å². The molecule has 90 valence electrons. The maximum Gasteiger partial charge on any atom is 0.252 e. The van der Waals surface area contributed by atoms with Gasteiger partial charge in [-0.3, -0.25) is 4.79 Å². The van der Waals surface area contributed by atoms with Crippen LogP contribution >= 0.6 is 34.8 Å². The first-order valence-electron chi connectivity index (χ1n) is 4.73. The lowest BCUT2D eigenvalue weighted by Gasteiger charge is -2.04. The summed E-state index contributed by atoms with van der Waals surface area (Å²) in [6.45, 7) is 2.06. The van der Waals surface area contributed by atoms with Crippen LogP contribution in [0.5, 0.6) is 0 Å². The first-order chi connectivity index (χ1) is 7.38. The van der Waals surface area contributed by atoms with Crippen molar-refractivity contribution < 1.29 is 9.90 Å². The first-order valence-corrected chi connectivity index (χ1v) is 5.86. The average molecular weight is 284 g/mol. The van der Waals surface area contributed by atoms with E-state index in [0.717, 1.165) is 18.9 Å². The second-order valence-electron chi connectivity index (χ2n) is 3.01. The molecule has 0 atom stereocenters. The number of ketones is 1. The van der Waals surface area contributed by atoms with Crippen LogP contribution in [0.15, 0.2) is 36.1 Å². The molecule has 0 aromatic heterocycles. The largest absolute Gasteiger partial charge is 0.508 e. The minimum atomic E-state index is -2.03. The Morgan fingerprint density at radius 3 is 2.44 bits per heavy atom. The van der Waals surface area contributed by atoms with Gasteiger partial charge in [0, 0.05) is 6.08 Å². The van der Waals surface area contributed by atoms with E-state index in [2.05, 4.69) is 6.92 Å². The number of aliphatic hydroxyl groups is 1. The normalized spacial score (nSPS) is 13.9. The smallest absolute Gasteiger partial charge is 0.252 e. The zero-order chi connectivity index (χ0) is 12.6. The maximum absolute atomic E-state index is 11.1. The van der Waals surface area contributed by atoms with Gasteiger partial charge in [-0.15, -0.1) is 0 Å². The van der Waals surface area contributed by atoms with Crippen LogP contribution in [0.1, 0.15) is 19.8 Å². The lowest BCUT2D eigenvalue weighted by molar-refractivity contribution is -0.113. The van der Waals surface area contributed by atoms with Crippen LogP contribution in [-0.2, 0) is 4.79 Å². The number of hydrogen-bond acceptors (Lipinski definition) is 2. The summed E-state index contributed by atoms with van der Waals surface area (Å²) < 4.78 is -2.03. The molecule has 0 aliphatic rings. The summed E-state index contributed by atoms with van der Waals surface area (Å²) in [7, 11) is 0. The fraction of sp³-hybridized carbons (Fsp3) is 0.364. The Labute approximate surface area is 110 Å². The molecule has 16 heavy (non-hydrogen) atoms. The number of allylic oxidation sites excluding steroid dienone is 5. The summed E-state index contributed by atoms with van der Waals surface area (Å²) in [5.74, 6) is -1.03. The van der Waals surface area contributed by atoms with E-state index in [4.69, 9.17) is 34.8 Å². The Hall–Kier alpha value is -0.440. The number of carbonyl (C=O) groups is 1. The summed E-state index contributed by atoms with van der Waals surface area (Å²) in [6, 6.07) is 0. The molecular formula is C11H13Cl3O2. The zero-order valence-corrected chi connectivity index (χ0v) is 11.1. The summed E-state index contributed by atoms with van der Waals surface area (Å²) in [6.07, 6.45) is 9.55. The van der Waals surface area contributed by atoms with E-state index in [0.29, 0.717) is 0 Å². The fourth-order valence-electron chi connectivity index (χ4n) is 0.760. The van der Waals surface area contributed by atoms with Gasteiger partial charge in [-0.25, -0.2) is 0 Å². The predicted octanol–water partition coefficient (Wildman–Crippen LogP) is 4.28. The molecule has 0 bridgehead atoms. The fourth-order valence-corrected chi connectivity index (χ4v) is 0.924. The highest BCUT2D eigenvalue weighted by Gasteiger charge is 2.28. The Morgan fingerprint density at radius 2 is 1.94 bits per heavy atom. The number of carbonyl (C=O) groups excluding carboxylic acids is 1. The Balaban J connectivity index is 4.30. The topological polar surface area (TPSA) is 37.3 Å². The standard InChI is InChI=1S/C11H13Cl3O2/c1-2-3-4-5-6-7-9(15)8-10(16)11(12,13)14/h4-8,15H,2-3H2,1H3/b5-4+,7-6-,9-8-. The minimum Gasteiger partial charge on any atom is -0.508 e. The highest BCUT2D eigenvalue weighted by molar-refractivity contribution is 6.77. The van der Waals surface area contributed by atoms with Crippen LogP contribution in [0, 0.1) is 0 Å². The number of alkyl halides is 3. The molecule has 0 aromatic carbocycles. The minimum absolute atomic E-state index is 0.252. The Bertz CT molecular complexity index is 312. The molecule has 0 saturated heterocycles. The molecule has 0 fully saturated rings. The SMILES string of the molecule is CCC/C=C/C=C\C(O)=C\C(=O)C(Cl)(Cl)Cl. The number of halogens is 3. The Morgan fingerprint density at radius 1 is 1.31 bits per heavy atom. The molecule has 0 unspecified atom stereocenters. The van der Waals surface area contributed by atoms with Crippen molar-refractivity contribution >= 4 is 40.6 Å². The molecule has 0 rings (SSSR count). The second kappa shape index (κ2) is 7.77. The van der Waals surface area contributed by atoms with E-state index in [-0.39, 0.29) is 5.76 Å². The third-order valence-corrected chi connectivity index (χ3v) is 2.09. The van der Waals surface area contributed by atoms with E-state index in [9.17, 15) is 9.90 Å². The molecule has 0 spiro atoms. The third-order valence-electron chi connectivity index (χ3n) is 1.53. The molecular weight excluding hydrogens is 270 g/mol. The molecule has 5 heteroatoms. The molecule has 0 radical (unpaired) electrons. The lowest BCUT2D eigenvalue weighted by atomic mass is 10.3. The zero-order valence-electron chi connectivity index (χ0n) is 8.79. The molecule has 0 amide bonds. The van der Waals surface area contributed by atoms with Gasteiger partial charge in [0.05, 0.1) is 0 Å². The van der Waals surface area contributed by atoms with Crippen LogP contribution in [0.25, 0.3) is 0 Å². The number of rotatable bonds is 5. The molecule has 0 aliphatic carbocycles. The molecule has 0 aromatic rings.